The molecule has 0 saturated carbocycles. The Morgan fingerprint density at radius 2 is 1.72 bits per heavy atom. The second-order valence-electron chi connectivity index (χ2n) is 5.28. The average Bonchev–Trinajstić information content (AvgIpc) is 2.64. The molecular weight excluding hydrogens is 318 g/mol. The number of benzene rings is 1. The molecule has 0 aliphatic carbocycles. The van der Waals surface area contributed by atoms with Gasteiger partial charge in [0.25, 0.3) is 0 Å². The van der Waals surface area contributed by atoms with Gasteiger partial charge in [-0.05, 0) is 42.1 Å². The molecule has 0 atom stereocenters. The molecule has 0 bridgehead atoms. The van der Waals surface area contributed by atoms with Gasteiger partial charge in [0.15, 0.2) is 11.5 Å². The highest BCUT2D eigenvalue weighted by molar-refractivity contribution is 5.85. The van der Waals surface area contributed by atoms with Crippen molar-refractivity contribution in [1.82, 2.24) is 4.98 Å². The summed E-state index contributed by atoms with van der Waals surface area (Å²) in [5.41, 5.74) is 1.54. The summed E-state index contributed by atoms with van der Waals surface area (Å²) < 4.78 is 15.9. The van der Waals surface area contributed by atoms with E-state index in [1.807, 2.05) is 39.0 Å². The lowest BCUT2D eigenvalue weighted by Gasteiger charge is -2.09. The maximum absolute atomic E-state index is 12.2. The van der Waals surface area contributed by atoms with Crippen molar-refractivity contribution in [1.29, 1.82) is 0 Å². The first kappa shape index (κ1) is 18.5. The number of hydrogen-bond donors (Lipinski definition) is 0. The molecule has 0 spiro atoms. The molecule has 5 heteroatoms. The predicted molar refractivity (Wildman–Crippen MR) is 98.7 cm³/mol. The first-order valence-corrected chi connectivity index (χ1v) is 8.21. The Bertz CT molecular complexity index is 898. The van der Waals surface area contributed by atoms with E-state index in [2.05, 4.69) is 4.98 Å². The maximum atomic E-state index is 12.2. The van der Waals surface area contributed by atoms with Crippen molar-refractivity contribution in [3.63, 3.8) is 0 Å². The number of methoxy groups -OCH3 is 2. The van der Waals surface area contributed by atoms with E-state index in [0.29, 0.717) is 29.1 Å². The SMILES string of the molecule is CC.COc1cc2cc(Cc3ccc(C)nc3)oc(=O)c2cc1OC. The van der Waals surface area contributed by atoms with E-state index in [0.717, 1.165) is 16.6 Å². The Morgan fingerprint density at radius 3 is 2.32 bits per heavy atom. The number of pyridine rings is 1. The quantitative estimate of drug-likeness (QED) is 0.714. The Balaban J connectivity index is 0.00000109. The van der Waals surface area contributed by atoms with Gasteiger partial charge in [-0.2, -0.15) is 0 Å². The van der Waals surface area contributed by atoms with E-state index >= 15 is 0 Å². The molecule has 5 nitrogen and oxygen atoms in total. The number of aryl methyl sites for hydroxylation is 1. The van der Waals surface area contributed by atoms with Gasteiger partial charge in [-0.3, -0.25) is 4.98 Å². The van der Waals surface area contributed by atoms with Gasteiger partial charge >= 0.3 is 5.63 Å². The van der Waals surface area contributed by atoms with E-state index < -0.39 is 5.63 Å². The lowest BCUT2D eigenvalue weighted by Crippen LogP contribution is -2.04. The van der Waals surface area contributed by atoms with Crippen LogP contribution in [-0.2, 0) is 6.42 Å². The van der Waals surface area contributed by atoms with Crippen molar-refractivity contribution in [3.05, 3.63) is 64.0 Å². The van der Waals surface area contributed by atoms with Crippen LogP contribution in [0.5, 0.6) is 11.5 Å². The van der Waals surface area contributed by atoms with E-state index in [1.165, 1.54) is 7.11 Å². The summed E-state index contributed by atoms with van der Waals surface area (Å²) in [6.07, 6.45) is 2.29. The van der Waals surface area contributed by atoms with Crippen LogP contribution in [0, 0.1) is 6.92 Å². The van der Waals surface area contributed by atoms with Crippen LogP contribution >= 0.6 is 0 Å². The molecule has 3 rings (SSSR count). The van der Waals surface area contributed by atoms with Gasteiger partial charge in [0.2, 0.25) is 0 Å². The molecule has 0 fully saturated rings. The Labute approximate surface area is 147 Å². The molecule has 0 unspecified atom stereocenters. The summed E-state index contributed by atoms with van der Waals surface area (Å²) in [5, 5.41) is 1.22. The van der Waals surface area contributed by atoms with Crippen molar-refractivity contribution in [3.8, 4) is 11.5 Å². The number of fused-ring (bicyclic) bond motifs is 1. The van der Waals surface area contributed by atoms with Crippen LogP contribution in [0.4, 0.5) is 0 Å². The Kier molecular flexibility index (Phi) is 6.17. The molecule has 3 aromatic rings. The third-order valence-corrected chi connectivity index (χ3v) is 3.67. The molecule has 0 aliphatic heterocycles. The van der Waals surface area contributed by atoms with Crippen molar-refractivity contribution in [2.75, 3.05) is 14.2 Å². The molecule has 2 heterocycles. The van der Waals surface area contributed by atoms with Gasteiger partial charge in [0, 0.05) is 18.3 Å². The minimum Gasteiger partial charge on any atom is -0.493 e. The third kappa shape index (κ3) is 4.18. The van der Waals surface area contributed by atoms with Crippen LogP contribution in [0.1, 0.15) is 30.9 Å². The smallest absolute Gasteiger partial charge is 0.343 e. The molecule has 0 aliphatic rings. The van der Waals surface area contributed by atoms with Crippen LogP contribution < -0.4 is 15.1 Å². The summed E-state index contributed by atoms with van der Waals surface area (Å²) in [5.74, 6) is 1.66. The highest BCUT2D eigenvalue weighted by Gasteiger charge is 2.11. The summed E-state index contributed by atoms with van der Waals surface area (Å²) in [7, 11) is 3.10. The third-order valence-electron chi connectivity index (χ3n) is 3.67. The molecule has 0 amide bonds. The van der Waals surface area contributed by atoms with Crippen LogP contribution in [0.3, 0.4) is 0 Å². The molecular formula is C20H23NO4. The van der Waals surface area contributed by atoms with E-state index in [1.54, 1.807) is 25.4 Å². The van der Waals surface area contributed by atoms with Crippen molar-refractivity contribution >= 4 is 10.8 Å². The number of hydrogen-bond acceptors (Lipinski definition) is 5. The van der Waals surface area contributed by atoms with Gasteiger partial charge in [0.1, 0.15) is 5.76 Å². The number of rotatable bonds is 4. The Hall–Kier alpha value is -2.82. The van der Waals surface area contributed by atoms with Gasteiger partial charge in [-0.15, -0.1) is 0 Å². The largest absolute Gasteiger partial charge is 0.493 e. The lowest BCUT2D eigenvalue weighted by molar-refractivity contribution is 0.355. The van der Waals surface area contributed by atoms with Crippen LogP contribution in [-0.4, -0.2) is 19.2 Å². The molecule has 132 valence electrons. The summed E-state index contributed by atoms with van der Waals surface area (Å²) in [6, 6.07) is 9.17. The van der Waals surface area contributed by atoms with Gasteiger partial charge in [-0.25, -0.2) is 4.79 Å². The van der Waals surface area contributed by atoms with Crippen LogP contribution in [0.25, 0.3) is 10.8 Å². The fourth-order valence-corrected chi connectivity index (χ4v) is 2.46. The highest BCUT2D eigenvalue weighted by Crippen LogP contribution is 2.31. The fraction of sp³-hybridized carbons (Fsp3) is 0.300. The minimum atomic E-state index is -0.390. The van der Waals surface area contributed by atoms with E-state index in [4.69, 9.17) is 13.9 Å². The fourth-order valence-electron chi connectivity index (χ4n) is 2.46. The van der Waals surface area contributed by atoms with Gasteiger partial charge in [0.05, 0.1) is 19.6 Å². The average molecular weight is 341 g/mol. The summed E-state index contributed by atoms with van der Waals surface area (Å²) >= 11 is 0. The molecule has 25 heavy (non-hydrogen) atoms. The second kappa shape index (κ2) is 8.33. The van der Waals surface area contributed by atoms with Gasteiger partial charge in [-0.1, -0.05) is 19.9 Å². The zero-order chi connectivity index (χ0) is 18.4. The van der Waals surface area contributed by atoms with E-state index in [-0.39, 0.29) is 0 Å². The zero-order valence-corrected chi connectivity index (χ0v) is 15.3. The maximum Gasteiger partial charge on any atom is 0.343 e. The molecule has 1 aromatic carbocycles. The second-order valence-corrected chi connectivity index (χ2v) is 5.28. The molecule has 2 aromatic heterocycles. The molecule has 0 radical (unpaired) electrons. The number of aromatic nitrogens is 1. The van der Waals surface area contributed by atoms with Gasteiger partial charge < -0.3 is 13.9 Å². The molecule has 0 N–H and O–H groups in total. The predicted octanol–water partition coefficient (Wildman–Crippen LogP) is 4.13. The normalized spacial score (nSPS) is 10.1. The summed E-state index contributed by atoms with van der Waals surface area (Å²) in [6.45, 7) is 5.93. The minimum absolute atomic E-state index is 0.390. The van der Waals surface area contributed by atoms with E-state index in [9.17, 15) is 4.79 Å². The monoisotopic (exact) mass is 341 g/mol. The van der Waals surface area contributed by atoms with Crippen molar-refractivity contribution < 1.29 is 13.9 Å². The summed E-state index contributed by atoms with van der Waals surface area (Å²) in [4.78, 5) is 16.5. The number of nitrogens with zero attached hydrogens (tertiary/aromatic N) is 1. The van der Waals surface area contributed by atoms with Crippen molar-refractivity contribution in [2.24, 2.45) is 0 Å². The Morgan fingerprint density at radius 1 is 1.04 bits per heavy atom. The highest BCUT2D eigenvalue weighted by atomic mass is 16.5. The zero-order valence-electron chi connectivity index (χ0n) is 15.3. The van der Waals surface area contributed by atoms with Crippen LogP contribution in [0.2, 0.25) is 0 Å². The van der Waals surface area contributed by atoms with Crippen molar-refractivity contribution in [2.45, 2.75) is 27.2 Å². The molecule has 0 saturated heterocycles. The first-order chi connectivity index (χ1) is 12.1. The lowest BCUT2D eigenvalue weighted by atomic mass is 10.1. The standard InChI is InChI=1S/C18H17NO4.C2H6/c1-11-4-5-12(10-19-11)6-14-7-13-8-16(21-2)17(22-3)9-15(13)18(20)23-14;1-2/h4-5,7-10H,6H2,1-3H3;1-2H3. The first-order valence-electron chi connectivity index (χ1n) is 8.21. The topological polar surface area (TPSA) is 61.6 Å². The van der Waals surface area contributed by atoms with Crippen LogP contribution in [0.15, 0.2) is 45.7 Å². The number of ether oxygens (including phenoxy) is 2.